The predicted octanol–water partition coefficient (Wildman–Crippen LogP) is 3.12. The highest BCUT2D eigenvalue weighted by Crippen LogP contribution is 2.27. The Bertz CT molecular complexity index is 377. The Balaban J connectivity index is 2.98. The van der Waals surface area contributed by atoms with Gasteiger partial charge in [0, 0.05) is 16.5 Å². The second-order valence-electron chi connectivity index (χ2n) is 3.27. The number of rotatable bonds is 4. The number of carbonyl (C=O) groups excluding carboxylic acids is 1. The molecule has 4 heteroatoms. The van der Waals surface area contributed by atoms with Crippen LogP contribution in [0.1, 0.15) is 18.9 Å². The molecule has 0 saturated heterocycles. The second-order valence-corrected chi connectivity index (χ2v) is 4.19. The van der Waals surface area contributed by atoms with Crippen molar-refractivity contribution in [3.8, 4) is 5.75 Å². The molecule has 0 bridgehead atoms. The topological polar surface area (TPSA) is 26.3 Å². The lowest BCUT2D eigenvalue weighted by molar-refractivity contribution is -0.116. The summed E-state index contributed by atoms with van der Waals surface area (Å²) in [5, 5.41) is 0. The molecule has 0 aliphatic carbocycles. The third-order valence-corrected chi connectivity index (χ3v) is 2.52. The van der Waals surface area contributed by atoms with Gasteiger partial charge in [-0.1, -0.05) is 15.9 Å². The quantitative estimate of drug-likeness (QED) is 0.843. The highest BCUT2D eigenvalue weighted by atomic mass is 79.9. The molecular weight excluding hydrogens is 263 g/mol. The van der Waals surface area contributed by atoms with Gasteiger partial charge in [0.25, 0.3) is 0 Å². The number of methoxy groups -OCH3 is 1. The fourth-order valence-corrected chi connectivity index (χ4v) is 1.71. The molecule has 0 N–H and O–H groups in total. The van der Waals surface area contributed by atoms with Gasteiger partial charge in [-0.25, -0.2) is 4.39 Å². The van der Waals surface area contributed by atoms with E-state index < -0.39 is 0 Å². The van der Waals surface area contributed by atoms with Gasteiger partial charge in [0.2, 0.25) is 0 Å². The van der Waals surface area contributed by atoms with Crippen LogP contribution < -0.4 is 4.74 Å². The van der Waals surface area contributed by atoms with Gasteiger partial charge >= 0.3 is 0 Å². The maximum absolute atomic E-state index is 13.5. The SMILES string of the molecule is COc1cc(Br)cc(F)c1CCC(C)=O. The van der Waals surface area contributed by atoms with Crippen LogP contribution in [0.5, 0.6) is 5.75 Å². The number of Topliss-reactive ketones (excluding diaryl/α,β-unsaturated/α-hetero) is 1. The zero-order chi connectivity index (χ0) is 11.4. The number of ether oxygens (including phenoxy) is 1. The van der Waals surface area contributed by atoms with E-state index in [0.29, 0.717) is 28.6 Å². The molecule has 0 spiro atoms. The molecule has 1 aromatic rings. The lowest BCUT2D eigenvalue weighted by Gasteiger charge is -2.09. The van der Waals surface area contributed by atoms with Gasteiger partial charge in [-0.3, -0.25) is 0 Å². The number of benzene rings is 1. The van der Waals surface area contributed by atoms with Gasteiger partial charge in [-0.05, 0) is 25.5 Å². The van der Waals surface area contributed by atoms with Crippen LogP contribution in [0, 0.1) is 5.82 Å². The Hall–Kier alpha value is -0.900. The Morgan fingerprint density at radius 3 is 2.73 bits per heavy atom. The molecule has 0 aliphatic rings. The average Bonchev–Trinajstić information content (AvgIpc) is 2.14. The summed E-state index contributed by atoms with van der Waals surface area (Å²) in [5.41, 5.74) is 0.455. The lowest BCUT2D eigenvalue weighted by atomic mass is 10.1. The van der Waals surface area contributed by atoms with Crippen LogP contribution in [-0.4, -0.2) is 12.9 Å². The molecule has 0 unspecified atom stereocenters. The van der Waals surface area contributed by atoms with E-state index in [0.717, 1.165) is 0 Å². The van der Waals surface area contributed by atoms with E-state index in [1.165, 1.54) is 20.1 Å². The maximum atomic E-state index is 13.5. The predicted molar refractivity (Wildman–Crippen MR) is 59.7 cm³/mol. The van der Waals surface area contributed by atoms with Crippen LogP contribution in [0.15, 0.2) is 16.6 Å². The van der Waals surface area contributed by atoms with Gasteiger partial charge < -0.3 is 9.53 Å². The summed E-state index contributed by atoms with van der Waals surface area (Å²) < 4.78 is 19.2. The number of carbonyl (C=O) groups is 1. The molecule has 0 radical (unpaired) electrons. The summed E-state index contributed by atoms with van der Waals surface area (Å²) in [6.45, 7) is 1.49. The molecule has 0 aliphatic heterocycles. The van der Waals surface area contributed by atoms with Crippen molar-refractivity contribution in [2.45, 2.75) is 19.8 Å². The van der Waals surface area contributed by atoms with Gasteiger partial charge in [0.05, 0.1) is 7.11 Å². The number of hydrogen-bond donors (Lipinski definition) is 0. The van der Waals surface area contributed by atoms with E-state index in [4.69, 9.17) is 4.74 Å². The first-order valence-corrected chi connectivity index (χ1v) is 5.35. The molecule has 2 nitrogen and oxygen atoms in total. The monoisotopic (exact) mass is 274 g/mol. The second kappa shape index (κ2) is 5.26. The third-order valence-electron chi connectivity index (χ3n) is 2.07. The Labute approximate surface area is 96.6 Å². The van der Waals surface area contributed by atoms with E-state index in [2.05, 4.69) is 15.9 Å². The van der Waals surface area contributed by atoms with Crippen LogP contribution in [-0.2, 0) is 11.2 Å². The molecule has 1 rings (SSSR count). The summed E-state index contributed by atoms with van der Waals surface area (Å²) in [6, 6.07) is 3.07. The third kappa shape index (κ3) is 3.30. The Morgan fingerprint density at radius 2 is 2.20 bits per heavy atom. The first-order valence-electron chi connectivity index (χ1n) is 4.56. The molecule has 82 valence electrons. The van der Waals surface area contributed by atoms with E-state index in [1.54, 1.807) is 6.07 Å². The minimum Gasteiger partial charge on any atom is -0.496 e. The van der Waals surface area contributed by atoms with Crippen molar-refractivity contribution in [3.05, 3.63) is 28.0 Å². The normalized spacial score (nSPS) is 10.1. The molecule has 0 fully saturated rings. The number of ketones is 1. The van der Waals surface area contributed by atoms with E-state index in [-0.39, 0.29) is 11.6 Å². The molecule has 0 aromatic heterocycles. The number of hydrogen-bond acceptors (Lipinski definition) is 2. The molecule has 1 aromatic carbocycles. The fraction of sp³-hybridized carbons (Fsp3) is 0.364. The smallest absolute Gasteiger partial charge is 0.131 e. The molecule has 0 heterocycles. The van der Waals surface area contributed by atoms with Gasteiger partial charge in [-0.15, -0.1) is 0 Å². The van der Waals surface area contributed by atoms with Gasteiger partial charge in [-0.2, -0.15) is 0 Å². The summed E-state index contributed by atoms with van der Waals surface area (Å²) in [4.78, 5) is 10.8. The van der Waals surface area contributed by atoms with E-state index in [1.807, 2.05) is 0 Å². The summed E-state index contributed by atoms with van der Waals surface area (Å²) in [5.74, 6) is 0.171. The van der Waals surface area contributed by atoms with Crippen LogP contribution in [0.4, 0.5) is 4.39 Å². The zero-order valence-electron chi connectivity index (χ0n) is 8.64. The first kappa shape index (κ1) is 12.2. The first-order chi connectivity index (χ1) is 7.04. The van der Waals surface area contributed by atoms with Crippen molar-refractivity contribution < 1.29 is 13.9 Å². The summed E-state index contributed by atoms with van der Waals surface area (Å²) in [7, 11) is 1.48. The Kier molecular flexibility index (Phi) is 4.27. The summed E-state index contributed by atoms with van der Waals surface area (Å²) in [6.07, 6.45) is 0.701. The lowest BCUT2D eigenvalue weighted by Crippen LogP contribution is -2.00. The van der Waals surface area contributed by atoms with Crippen LogP contribution in [0.25, 0.3) is 0 Å². The zero-order valence-corrected chi connectivity index (χ0v) is 10.2. The van der Waals surface area contributed by atoms with Crippen molar-refractivity contribution in [2.24, 2.45) is 0 Å². The van der Waals surface area contributed by atoms with Crippen molar-refractivity contribution in [1.82, 2.24) is 0 Å². The minimum absolute atomic E-state index is 0.0411. The highest BCUT2D eigenvalue weighted by Gasteiger charge is 2.11. The largest absolute Gasteiger partial charge is 0.496 e. The van der Waals surface area contributed by atoms with Gasteiger partial charge in [0.15, 0.2) is 0 Å². The molecule has 0 amide bonds. The van der Waals surface area contributed by atoms with Gasteiger partial charge in [0.1, 0.15) is 17.3 Å². The van der Waals surface area contributed by atoms with Crippen molar-refractivity contribution in [3.63, 3.8) is 0 Å². The standard InChI is InChI=1S/C11H12BrFO2/c1-7(14)3-4-9-10(13)5-8(12)6-11(9)15-2/h5-6H,3-4H2,1-2H3. The number of halogens is 2. The van der Waals surface area contributed by atoms with Crippen LogP contribution in [0.2, 0.25) is 0 Å². The average molecular weight is 275 g/mol. The van der Waals surface area contributed by atoms with Crippen molar-refractivity contribution in [2.75, 3.05) is 7.11 Å². The maximum Gasteiger partial charge on any atom is 0.131 e. The van der Waals surface area contributed by atoms with Crippen LogP contribution in [0.3, 0.4) is 0 Å². The van der Waals surface area contributed by atoms with Crippen molar-refractivity contribution >= 4 is 21.7 Å². The van der Waals surface area contributed by atoms with Crippen molar-refractivity contribution in [1.29, 1.82) is 0 Å². The highest BCUT2D eigenvalue weighted by molar-refractivity contribution is 9.10. The molecular formula is C11H12BrFO2. The fourth-order valence-electron chi connectivity index (χ4n) is 1.31. The summed E-state index contributed by atoms with van der Waals surface area (Å²) >= 11 is 3.18. The Morgan fingerprint density at radius 1 is 1.53 bits per heavy atom. The van der Waals surface area contributed by atoms with E-state index in [9.17, 15) is 9.18 Å². The van der Waals surface area contributed by atoms with E-state index >= 15 is 0 Å². The molecule has 15 heavy (non-hydrogen) atoms. The molecule has 0 atom stereocenters. The minimum atomic E-state index is -0.345. The molecule has 0 saturated carbocycles. The van der Waals surface area contributed by atoms with Crippen LogP contribution >= 0.6 is 15.9 Å².